The maximum Gasteiger partial charge on any atom is 0.0866 e. The van der Waals surface area contributed by atoms with Gasteiger partial charge in [-0.05, 0) is 63.6 Å². The molecular weight excluding hydrogens is 1550 g/mol. The Morgan fingerprint density at radius 1 is 0.279 bits per heavy atom. The largest absolute Gasteiger partial charge is 0.412 e. The number of alkyl halides is 5. The molecule has 11 N–H and O–H groups in total. The van der Waals surface area contributed by atoms with Crippen molar-refractivity contribution in [2.75, 3.05) is 125 Å². The van der Waals surface area contributed by atoms with E-state index >= 15 is 0 Å². The predicted molar refractivity (Wildman–Crippen MR) is 453 cm³/mol. The minimum Gasteiger partial charge on any atom is -0.412 e. The quantitative estimate of drug-likeness (QED) is 0.0185. The van der Waals surface area contributed by atoms with Crippen molar-refractivity contribution >= 4 is 118 Å². The van der Waals surface area contributed by atoms with Gasteiger partial charge in [0.2, 0.25) is 0 Å². The van der Waals surface area contributed by atoms with E-state index < -0.39 is 42.7 Å². The molecule has 0 spiro atoms. The maximum absolute atomic E-state index is 10.0. The number of benzene rings is 7. The molecule has 104 heavy (non-hydrogen) atoms. The molecule has 0 amide bonds. The van der Waals surface area contributed by atoms with Crippen LogP contribution in [0.5, 0.6) is 0 Å². The maximum atomic E-state index is 10.0. The average molecular weight is 1680 g/mol. The molecule has 26 heteroatoms. The smallest absolute Gasteiger partial charge is 0.0866 e. The monoisotopic (exact) mass is 1670 g/mol. The first kappa shape index (κ1) is 107. The normalized spacial score (nSPS) is 14.5. The van der Waals surface area contributed by atoms with E-state index in [4.69, 9.17) is 126 Å². The van der Waals surface area contributed by atoms with E-state index in [0.717, 1.165) is 34.2 Å². The van der Waals surface area contributed by atoms with Crippen LogP contribution >= 0.6 is 118 Å². The van der Waals surface area contributed by atoms with Crippen LogP contribution in [-0.4, -0.2) is 172 Å². The number of aliphatic hydroxyl groups is 7. The average Bonchev–Trinajstić information content (AvgIpc) is 0.858. The van der Waals surface area contributed by atoms with Gasteiger partial charge in [-0.25, -0.2) is 0 Å². The van der Waals surface area contributed by atoms with Crippen molar-refractivity contribution in [3.05, 3.63) is 248 Å². The fraction of sp³-hybridized carbons (Fsp3) is 0.462. The molecule has 16 nitrogen and oxygen atoms in total. The lowest BCUT2D eigenvalue weighted by Crippen LogP contribution is -2.19. The molecule has 0 aliphatic rings. The van der Waals surface area contributed by atoms with Crippen LogP contribution < -0.4 is 0 Å². The Balaban J connectivity index is -0.0000000921. The molecule has 0 aliphatic heterocycles. The number of aliphatic hydroxyl groups excluding tert-OH is 7. The van der Waals surface area contributed by atoms with Crippen molar-refractivity contribution in [1.82, 2.24) is 0 Å². The standard InChI is InChI=1S/C12H18O2.2C11H14Cl2O2.4C11H15ClO2.2ClH.2H2O.9H2/c1-3-10(9-14-2)12(13)11-7-5-4-6-8-11;2*1-15-7-8(6-12)11(14)9-4-2-3-5-10(9)13;1-8(7-14-2)11(13)9-5-3-4-6-10(9)12;3*1-14-8-10(7-12)11(13)9-5-3-2-4-6-9;;;;;;;;;;;;;/h4-8,10,12-13H,3,9H2,1-2H3;2*2-5,8,11,14H,6-7H2,1H3;3-6,8,11,13H,7H2,1-2H3;3*2-6,10-11,13H,7-8H2,1H3;2*1H;2*1H2;9*1H/t;;;;10?,11-;;;;;;;;;;;;;;;/m....0.............../s1. The molecule has 0 radical (unpaired) electrons. The van der Waals surface area contributed by atoms with Crippen LogP contribution in [0.15, 0.2) is 194 Å². The van der Waals surface area contributed by atoms with Gasteiger partial charge in [-0.3, -0.25) is 0 Å². The Morgan fingerprint density at radius 3 is 0.663 bits per heavy atom. The summed E-state index contributed by atoms with van der Waals surface area (Å²) in [6, 6.07) is 59.9. The van der Waals surface area contributed by atoms with Crippen LogP contribution in [0.3, 0.4) is 0 Å². The second-order valence-corrected chi connectivity index (χ2v) is 26.0. The molecule has 0 fully saturated rings. The van der Waals surface area contributed by atoms with E-state index in [0.29, 0.717) is 102 Å². The molecule has 13 unspecified atom stereocenters. The van der Waals surface area contributed by atoms with Gasteiger partial charge in [0, 0.05) is 149 Å². The van der Waals surface area contributed by atoms with Crippen molar-refractivity contribution in [3.8, 4) is 0 Å². The first-order valence-electron chi connectivity index (χ1n) is 32.7. The molecular formula is C78H130Cl10O16. The zero-order chi connectivity index (χ0) is 74.6. The first-order valence-corrected chi connectivity index (χ1v) is 36.5. The van der Waals surface area contributed by atoms with Crippen molar-refractivity contribution in [3.63, 3.8) is 0 Å². The van der Waals surface area contributed by atoms with Crippen LogP contribution in [0.25, 0.3) is 0 Å². The summed E-state index contributed by atoms with van der Waals surface area (Å²) >= 11 is 46.7. The van der Waals surface area contributed by atoms with Crippen LogP contribution in [0.4, 0.5) is 0 Å². The van der Waals surface area contributed by atoms with Crippen LogP contribution in [-0.2, 0) is 33.2 Å². The molecule has 0 aliphatic carbocycles. The van der Waals surface area contributed by atoms with Crippen molar-refractivity contribution < 1.29 is 92.7 Å². The van der Waals surface area contributed by atoms with E-state index in [-0.39, 0.29) is 90.0 Å². The van der Waals surface area contributed by atoms with Gasteiger partial charge in [0.25, 0.3) is 0 Å². The molecule has 7 aromatic rings. The molecule has 7 rings (SSSR count). The Morgan fingerprint density at radius 2 is 0.462 bits per heavy atom. The zero-order valence-electron chi connectivity index (χ0n) is 60.6. The molecule has 0 saturated heterocycles. The van der Waals surface area contributed by atoms with Crippen molar-refractivity contribution in [1.29, 1.82) is 0 Å². The number of hydrogen-bond acceptors (Lipinski definition) is 14. The van der Waals surface area contributed by atoms with Gasteiger partial charge in [0.1, 0.15) is 0 Å². The van der Waals surface area contributed by atoms with E-state index in [2.05, 4.69) is 6.92 Å². The molecule has 0 saturated carbocycles. The number of methoxy groups -OCH3 is 7. The van der Waals surface area contributed by atoms with E-state index in [1.165, 1.54) is 0 Å². The fourth-order valence-corrected chi connectivity index (χ4v) is 11.9. The Bertz CT molecular complexity index is 2810. The van der Waals surface area contributed by atoms with Gasteiger partial charge in [0.05, 0.1) is 89.0 Å². The minimum absolute atomic E-state index is 0. The summed E-state index contributed by atoms with van der Waals surface area (Å²) in [6.45, 7) is 7.36. The molecule has 608 valence electrons. The van der Waals surface area contributed by atoms with Gasteiger partial charge in [0.15, 0.2) is 0 Å². The third-order valence-electron chi connectivity index (χ3n) is 15.7. The Labute approximate surface area is 683 Å². The van der Waals surface area contributed by atoms with Gasteiger partial charge in [-0.1, -0.05) is 225 Å². The highest BCUT2D eigenvalue weighted by Gasteiger charge is 2.26. The Hall–Kier alpha value is -3.20. The summed E-state index contributed by atoms with van der Waals surface area (Å²) in [5.74, 6) is 1.63. The van der Waals surface area contributed by atoms with Gasteiger partial charge in [-0.2, -0.15) is 0 Å². The summed E-state index contributed by atoms with van der Waals surface area (Å²) in [5, 5.41) is 71.6. The summed E-state index contributed by atoms with van der Waals surface area (Å²) in [7, 11) is 11.3. The van der Waals surface area contributed by atoms with E-state index in [1.54, 1.807) is 80.1 Å². The summed E-state index contributed by atoms with van der Waals surface area (Å²) < 4.78 is 35.0. The lowest BCUT2D eigenvalue weighted by Gasteiger charge is -2.21. The third-order valence-corrected chi connectivity index (χ3v) is 18.7. The highest BCUT2D eigenvalue weighted by molar-refractivity contribution is 6.32. The SMILES string of the molecule is CCC(COC)C(O)c1ccccc1.COCC(C)C(O)c1ccccc1Cl.COCC(CCl)C(O)c1ccccc1.COCC(CCl)C(O)c1ccccc1.COCC(CCl)C(O)c1ccccc1Cl.COCC(CCl)C(O)c1ccccc1Cl.COCC(CCl)[C@@H](O)c1ccccc1.Cl.Cl.O.O.[HH].[HH].[HH].[HH].[HH].[HH].[HH].[HH].[HH]. The van der Waals surface area contributed by atoms with Crippen LogP contribution in [0.2, 0.25) is 15.1 Å². The number of hydrogen-bond donors (Lipinski definition) is 7. The number of halogens is 10. The van der Waals surface area contributed by atoms with E-state index in [1.807, 2.05) is 171 Å². The highest BCUT2D eigenvalue weighted by Crippen LogP contribution is 2.33. The lowest BCUT2D eigenvalue weighted by molar-refractivity contribution is 0.0453. The Kier molecular flexibility index (Phi) is 68.8. The second kappa shape index (κ2) is 66.8. The first-order chi connectivity index (χ1) is 48.2. The minimum atomic E-state index is -0.684. The predicted octanol–water partition coefficient (Wildman–Crippen LogP) is 18.9. The van der Waals surface area contributed by atoms with Crippen molar-refractivity contribution in [2.24, 2.45) is 41.4 Å². The molecule has 7 aromatic carbocycles. The highest BCUT2D eigenvalue weighted by atomic mass is 35.5. The van der Waals surface area contributed by atoms with E-state index in [9.17, 15) is 35.7 Å². The number of ether oxygens (including phenoxy) is 7. The topological polar surface area (TPSA) is 269 Å². The molecule has 0 bridgehead atoms. The van der Waals surface area contributed by atoms with Crippen LogP contribution in [0, 0.1) is 41.4 Å². The molecule has 14 atom stereocenters. The zero-order valence-corrected chi connectivity index (χ0v) is 68.3. The summed E-state index contributed by atoms with van der Waals surface area (Å²) in [6.07, 6.45) is -3.07. The van der Waals surface area contributed by atoms with Gasteiger partial charge in [-0.15, -0.1) is 82.8 Å². The molecule has 0 aromatic heterocycles. The fourth-order valence-electron chi connectivity index (χ4n) is 9.82. The number of rotatable bonds is 34. The van der Waals surface area contributed by atoms with Gasteiger partial charge < -0.3 is 79.9 Å². The second-order valence-electron chi connectivity index (χ2n) is 23.2. The summed E-state index contributed by atoms with van der Waals surface area (Å²) in [4.78, 5) is 0. The van der Waals surface area contributed by atoms with Crippen LogP contribution in [0.1, 0.15) is 115 Å². The molecule has 0 heterocycles. The van der Waals surface area contributed by atoms with Crippen molar-refractivity contribution in [2.45, 2.75) is 63.0 Å². The van der Waals surface area contributed by atoms with Gasteiger partial charge >= 0.3 is 0 Å². The lowest BCUT2D eigenvalue weighted by atomic mass is 9.94. The summed E-state index contributed by atoms with van der Waals surface area (Å²) in [5.41, 5.74) is 5.78. The third kappa shape index (κ3) is 41.6.